The lowest BCUT2D eigenvalue weighted by Gasteiger charge is -2.72. The lowest BCUT2D eigenvalue weighted by atomic mass is 9.33. The quantitative estimate of drug-likeness (QED) is 0.0442. The van der Waals surface area contributed by atoms with Gasteiger partial charge in [-0.25, -0.2) is 0 Å². The molecule has 31 atom stereocenters. The molecule has 27 nitrogen and oxygen atoms in total. The van der Waals surface area contributed by atoms with Crippen molar-refractivity contribution in [1.82, 2.24) is 0 Å². The van der Waals surface area contributed by atoms with E-state index in [1.54, 1.807) is 0 Å². The van der Waals surface area contributed by atoms with Crippen molar-refractivity contribution < 1.29 is 134 Å². The summed E-state index contributed by atoms with van der Waals surface area (Å²) in [4.78, 5) is 15.5. The van der Waals surface area contributed by atoms with Crippen molar-refractivity contribution in [2.45, 2.75) is 252 Å². The van der Waals surface area contributed by atoms with Crippen LogP contribution in [0.3, 0.4) is 0 Å². The smallest absolute Gasteiger partial charge is 0.317 e. The molecule has 0 radical (unpaired) electrons. The predicted molar refractivity (Wildman–Crippen MR) is 285 cm³/mol. The van der Waals surface area contributed by atoms with E-state index in [0.717, 1.165) is 5.57 Å². The highest BCUT2D eigenvalue weighted by Crippen LogP contribution is 2.76. The number of allylic oxidation sites excluding steroid dienone is 2. The standard InChI is InChI=1S/C58H94O27/c1-24-42(80-30-9-8-27(63)43(37(30)69)82-50-45(74)57(76,22-62)23-78-50)39(71)41(73)47(79-24)83-44-35(67)29(65)19-77-49(44)85-51(75)58-14-13-52(2,3)15-26(58)25-7-10-32-53(4)16-28(64)46(84-48-40(72)38(70)36(68)31(18-59)81-48)56(20-60,21-61)33(53)11-12-54(32,5)55(25,6)17-34(58)66/h7,24,26-50,59-74,76H,8-23H2,1-6H3/t24-,26?,27+,28?,29-,30+,31+,32?,33?,34?,35-,36+,37-,38-,39-,40+,41+,42-,43-,44-,45-,46?,47-,48-,49-,50-,53?,54?,55?,57+,58?/m0/s1. The number of carbonyl (C=O) groups is 1. The average Bonchev–Trinajstić information content (AvgIpc) is 0.951. The maximum absolute atomic E-state index is 15.5. The first-order chi connectivity index (χ1) is 39.9. The Morgan fingerprint density at radius 1 is 0.612 bits per heavy atom. The van der Waals surface area contributed by atoms with Gasteiger partial charge < -0.3 is 129 Å². The first kappa shape index (κ1) is 66.1. The SMILES string of the molecule is C[C@@H]1O[C@@H](O[C@@H]2[C@H](OC(=O)C34CCC(C)(C)CC3C3=CCC5C6(C)CC(O)C(O[C@@H]7O[C@H](CO)[C@@H](O)[C@H](O)[C@H]7O)C(CO)(CO)C6CCC5(C)C3(C)CC4O)OC[C@H](O)[C@@H]2O)[C@H](O)[C@H](O)[C@H]1O[C@@H]1CC[C@@H](O)[C@H](O[C@@H]2OC[C@](O)(CO)[C@H]2O)[C@H]1O. The summed E-state index contributed by atoms with van der Waals surface area (Å²) in [5, 5.41) is 188. The molecule has 4 aliphatic heterocycles. The summed E-state index contributed by atoms with van der Waals surface area (Å²) in [5.74, 6) is -2.21. The van der Waals surface area contributed by atoms with Crippen molar-refractivity contribution in [1.29, 1.82) is 0 Å². The minimum Gasteiger partial charge on any atom is -0.432 e. The molecule has 488 valence electrons. The van der Waals surface area contributed by atoms with Gasteiger partial charge >= 0.3 is 5.97 Å². The Balaban J connectivity index is 0.864. The van der Waals surface area contributed by atoms with Gasteiger partial charge in [-0.05, 0) is 111 Å². The molecule has 9 fully saturated rings. The highest BCUT2D eigenvalue weighted by Gasteiger charge is 2.74. The Morgan fingerprint density at radius 2 is 1.28 bits per heavy atom. The molecular formula is C58H94O27. The van der Waals surface area contributed by atoms with Crippen molar-refractivity contribution in [3.63, 3.8) is 0 Å². The molecule has 4 heterocycles. The van der Waals surface area contributed by atoms with Crippen molar-refractivity contribution in [2.24, 2.45) is 50.2 Å². The van der Waals surface area contributed by atoms with Gasteiger partial charge in [-0.2, -0.15) is 0 Å². The maximum Gasteiger partial charge on any atom is 0.317 e. The maximum atomic E-state index is 15.5. The van der Waals surface area contributed by atoms with Crippen LogP contribution in [0.15, 0.2) is 11.6 Å². The van der Waals surface area contributed by atoms with Crippen LogP contribution >= 0.6 is 0 Å². The lowest BCUT2D eigenvalue weighted by Crippen LogP contribution is -2.71. The summed E-state index contributed by atoms with van der Waals surface area (Å²) in [6, 6.07) is 0. The van der Waals surface area contributed by atoms with E-state index in [1.165, 1.54) is 6.92 Å². The fourth-order valence-electron chi connectivity index (χ4n) is 17.8. The first-order valence-corrected chi connectivity index (χ1v) is 30.3. The zero-order chi connectivity index (χ0) is 62.1. The monoisotopic (exact) mass is 1220 g/mol. The lowest BCUT2D eigenvalue weighted by molar-refractivity contribution is -0.358. The van der Waals surface area contributed by atoms with Crippen molar-refractivity contribution in [2.75, 3.05) is 39.6 Å². The predicted octanol–water partition coefficient (Wildman–Crippen LogP) is -4.57. The molecule has 17 N–H and O–H groups in total. The van der Waals surface area contributed by atoms with Gasteiger partial charge in [0.1, 0.15) is 84.3 Å². The topological polar surface area (TPSA) is 444 Å². The summed E-state index contributed by atoms with van der Waals surface area (Å²) in [5.41, 5.74) is -6.78. The van der Waals surface area contributed by atoms with Gasteiger partial charge in [0.25, 0.3) is 0 Å². The van der Waals surface area contributed by atoms with E-state index < -0.39 is 231 Å². The second-order valence-electron chi connectivity index (χ2n) is 28.3. The third-order valence-electron chi connectivity index (χ3n) is 23.1. The van der Waals surface area contributed by atoms with Crippen LogP contribution in [0.4, 0.5) is 0 Å². The second kappa shape index (κ2) is 24.0. The molecular weight excluding hydrogens is 1130 g/mol. The van der Waals surface area contributed by atoms with Gasteiger partial charge in [0, 0.05) is 5.41 Å². The van der Waals surface area contributed by atoms with E-state index in [1.807, 2.05) is 6.92 Å². The minimum absolute atomic E-state index is 0.00600. The second-order valence-corrected chi connectivity index (χ2v) is 28.3. The Morgan fingerprint density at radius 3 is 1.94 bits per heavy atom. The van der Waals surface area contributed by atoms with E-state index in [4.69, 9.17) is 42.6 Å². The summed E-state index contributed by atoms with van der Waals surface area (Å²) >= 11 is 0. The molecule has 0 spiro atoms. The first-order valence-electron chi connectivity index (χ1n) is 30.3. The molecule has 10 aliphatic rings. The third kappa shape index (κ3) is 10.6. The normalized spacial score (nSPS) is 54.0. The number of fused-ring (bicyclic) bond motifs is 7. The van der Waals surface area contributed by atoms with E-state index >= 15 is 4.79 Å². The molecule has 85 heavy (non-hydrogen) atoms. The van der Waals surface area contributed by atoms with E-state index in [2.05, 4.69) is 33.8 Å². The van der Waals surface area contributed by atoms with Crippen molar-refractivity contribution >= 4 is 5.97 Å². The van der Waals surface area contributed by atoms with Crippen LogP contribution in [-0.2, 0) is 47.4 Å². The molecule has 0 aromatic carbocycles. The van der Waals surface area contributed by atoms with Gasteiger partial charge in [-0.15, -0.1) is 0 Å². The number of hydrogen-bond acceptors (Lipinski definition) is 27. The highest BCUT2D eigenvalue weighted by molar-refractivity contribution is 5.80. The molecule has 0 aromatic heterocycles. The number of carbonyl (C=O) groups excluding carboxylic acids is 1. The molecule has 0 bridgehead atoms. The Hall–Kier alpha value is -1.79. The number of aliphatic hydroxyl groups is 17. The molecule has 0 aromatic rings. The molecule has 27 heteroatoms. The Kier molecular flexibility index (Phi) is 18.7. The zero-order valence-electron chi connectivity index (χ0n) is 49.1. The van der Waals surface area contributed by atoms with Gasteiger partial charge in [0.2, 0.25) is 6.29 Å². The van der Waals surface area contributed by atoms with E-state index in [9.17, 15) is 86.8 Å². The number of ether oxygens (including phenoxy) is 9. The number of aliphatic hydroxyl groups excluding tert-OH is 16. The number of rotatable bonds is 14. The fraction of sp³-hybridized carbons (Fsp3) is 0.948. The van der Waals surface area contributed by atoms with Crippen LogP contribution in [0.1, 0.15) is 106 Å². The van der Waals surface area contributed by atoms with Crippen molar-refractivity contribution in [3.8, 4) is 0 Å². The Bertz CT molecular complexity index is 2380. The minimum atomic E-state index is -2.05. The molecule has 6 aliphatic carbocycles. The van der Waals surface area contributed by atoms with E-state index in [0.29, 0.717) is 32.1 Å². The molecule has 4 saturated heterocycles. The van der Waals surface area contributed by atoms with Crippen LogP contribution in [0.2, 0.25) is 0 Å². The van der Waals surface area contributed by atoms with Crippen LogP contribution in [0.5, 0.6) is 0 Å². The largest absolute Gasteiger partial charge is 0.432 e. The number of esters is 1. The summed E-state index contributed by atoms with van der Waals surface area (Å²) in [6.07, 6.45) is -31.0. The average molecular weight is 1220 g/mol. The molecule has 5 saturated carbocycles. The summed E-state index contributed by atoms with van der Waals surface area (Å²) in [7, 11) is 0. The summed E-state index contributed by atoms with van der Waals surface area (Å²) in [6.45, 7) is 8.08. The van der Waals surface area contributed by atoms with Crippen LogP contribution < -0.4 is 0 Å². The van der Waals surface area contributed by atoms with Crippen LogP contribution in [0.25, 0.3) is 0 Å². The molecule has 0 amide bonds. The molecule has 10 rings (SSSR count). The van der Waals surface area contributed by atoms with Crippen LogP contribution in [-0.4, -0.2) is 279 Å². The molecule has 10 unspecified atom stereocenters. The zero-order valence-corrected chi connectivity index (χ0v) is 49.1. The summed E-state index contributed by atoms with van der Waals surface area (Å²) < 4.78 is 53.4. The van der Waals surface area contributed by atoms with Crippen LogP contribution in [0, 0.1) is 50.2 Å². The van der Waals surface area contributed by atoms with Gasteiger partial charge in [-0.1, -0.05) is 46.3 Å². The highest BCUT2D eigenvalue weighted by atomic mass is 16.8. The third-order valence-corrected chi connectivity index (χ3v) is 23.1. The number of hydrogen-bond donors (Lipinski definition) is 17. The van der Waals surface area contributed by atoms with Gasteiger partial charge in [-0.3, -0.25) is 4.79 Å². The van der Waals surface area contributed by atoms with Gasteiger partial charge in [0.05, 0.1) is 76.3 Å². The van der Waals surface area contributed by atoms with Gasteiger partial charge in [0.15, 0.2) is 25.0 Å². The fourth-order valence-corrected chi connectivity index (χ4v) is 17.8. The van der Waals surface area contributed by atoms with E-state index in [-0.39, 0.29) is 43.4 Å². The Labute approximate surface area is 492 Å². The van der Waals surface area contributed by atoms with Crippen molar-refractivity contribution in [3.05, 3.63) is 11.6 Å².